The molecule has 1 aromatic heterocycles. The number of anilines is 2. The largest absolute Gasteiger partial charge is 0.508 e. The Morgan fingerprint density at radius 2 is 2.12 bits per heavy atom. The summed E-state index contributed by atoms with van der Waals surface area (Å²) < 4.78 is 0. The normalized spacial score (nSPS) is 10.2. The minimum absolute atomic E-state index is 0.236. The molecule has 1 heterocycles. The van der Waals surface area contributed by atoms with E-state index in [1.54, 1.807) is 24.4 Å². The first-order valence-electron chi connectivity index (χ1n) is 5.39. The number of phenolic OH excluding ortho intramolecular Hbond substituents is 1. The minimum Gasteiger partial charge on any atom is -0.508 e. The number of aromatic nitrogens is 1. The summed E-state index contributed by atoms with van der Waals surface area (Å²) in [6.45, 7) is 2.50. The van der Waals surface area contributed by atoms with Crippen LogP contribution < -0.4 is 11.1 Å². The Bertz CT molecular complexity index is 526. The molecular formula is C13H15N3O. The van der Waals surface area contributed by atoms with E-state index in [2.05, 4.69) is 10.3 Å². The number of hydrogen-bond acceptors (Lipinski definition) is 4. The quantitative estimate of drug-likeness (QED) is 0.558. The third-order valence-corrected chi connectivity index (χ3v) is 2.48. The van der Waals surface area contributed by atoms with Gasteiger partial charge in [0.1, 0.15) is 11.6 Å². The zero-order chi connectivity index (χ0) is 12.3. The number of aryl methyl sites for hydroxylation is 1. The lowest BCUT2D eigenvalue weighted by Gasteiger charge is -2.08. The van der Waals surface area contributed by atoms with Gasteiger partial charge in [-0.3, -0.25) is 0 Å². The van der Waals surface area contributed by atoms with Crippen molar-refractivity contribution in [1.29, 1.82) is 0 Å². The van der Waals surface area contributed by atoms with Crippen molar-refractivity contribution < 1.29 is 5.11 Å². The second kappa shape index (κ2) is 4.74. The Balaban J connectivity index is 2.09. The first-order valence-corrected chi connectivity index (χ1v) is 5.39. The highest BCUT2D eigenvalue weighted by atomic mass is 16.3. The number of nitrogens with two attached hydrogens (primary N) is 1. The van der Waals surface area contributed by atoms with Gasteiger partial charge in [-0.1, -0.05) is 0 Å². The van der Waals surface area contributed by atoms with Crippen molar-refractivity contribution >= 4 is 11.5 Å². The molecule has 0 aliphatic rings. The molecule has 0 spiro atoms. The fourth-order valence-corrected chi connectivity index (χ4v) is 1.57. The Hall–Kier alpha value is -2.23. The molecule has 0 amide bonds. The fourth-order valence-electron chi connectivity index (χ4n) is 1.57. The zero-order valence-electron chi connectivity index (χ0n) is 9.64. The van der Waals surface area contributed by atoms with Crippen LogP contribution in [0, 0.1) is 6.92 Å². The van der Waals surface area contributed by atoms with Crippen LogP contribution in [0.15, 0.2) is 36.5 Å². The second-order valence-corrected chi connectivity index (χ2v) is 3.96. The van der Waals surface area contributed by atoms with Crippen molar-refractivity contribution in [2.75, 3.05) is 11.1 Å². The van der Waals surface area contributed by atoms with Crippen LogP contribution in [0.3, 0.4) is 0 Å². The SMILES string of the molecule is Cc1ccnc(NCc2cc(N)ccc2O)c1. The molecule has 0 aliphatic heterocycles. The van der Waals surface area contributed by atoms with Gasteiger partial charge in [-0.25, -0.2) is 4.98 Å². The van der Waals surface area contributed by atoms with Crippen LogP contribution in [-0.2, 0) is 6.54 Å². The molecule has 0 aliphatic carbocycles. The van der Waals surface area contributed by atoms with Crippen molar-refractivity contribution in [2.24, 2.45) is 0 Å². The van der Waals surface area contributed by atoms with E-state index in [4.69, 9.17) is 5.73 Å². The Kier molecular flexibility index (Phi) is 3.14. The standard InChI is InChI=1S/C13H15N3O/c1-9-4-5-15-13(6-9)16-8-10-7-11(14)2-3-12(10)17/h2-7,17H,8,14H2,1H3,(H,15,16). The van der Waals surface area contributed by atoms with Gasteiger partial charge < -0.3 is 16.2 Å². The molecule has 0 fully saturated rings. The lowest BCUT2D eigenvalue weighted by Crippen LogP contribution is -2.02. The number of nitrogen functional groups attached to an aromatic ring is 1. The smallest absolute Gasteiger partial charge is 0.126 e. The number of phenols is 1. The Morgan fingerprint density at radius 3 is 2.88 bits per heavy atom. The lowest BCUT2D eigenvalue weighted by atomic mass is 10.2. The van der Waals surface area contributed by atoms with Gasteiger partial charge in [0.15, 0.2) is 0 Å². The van der Waals surface area contributed by atoms with Crippen LogP contribution in [0.1, 0.15) is 11.1 Å². The van der Waals surface area contributed by atoms with E-state index >= 15 is 0 Å². The molecule has 17 heavy (non-hydrogen) atoms. The average Bonchev–Trinajstić information content (AvgIpc) is 2.30. The summed E-state index contributed by atoms with van der Waals surface area (Å²) in [6.07, 6.45) is 1.75. The topological polar surface area (TPSA) is 71.2 Å². The van der Waals surface area contributed by atoms with E-state index in [0.29, 0.717) is 12.2 Å². The van der Waals surface area contributed by atoms with Crippen LogP contribution in [0.5, 0.6) is 5.75 Å². The van der Waals surface area contributed by atoms with Crippen LogP contribution in [0.25, 0.3) is 0 Å². The molecule has 0 saturated heterocycles. The van der Waals surface area contributed by atoms with Crippen LogP contribution >= 0.6 is 0 Å². The Labute approximate surface area is 100 Å². The minimum atomic E-state index is 0.236. The van der Waals surface area contributed by atoms with Gasteiger partial charge in [-0.05, 0) is 42.8 Å². The van der Waals surface area contributed by atoms with Crippen molar-refractivity contribution in [3.8, 4) is 5.75 Å². The molecule has 4 N–H and O–H groups in total. The molecule has 2 rings (SSSR count). The molecular weight excluding hydrogens is 214 g/mol. The summed E-state index contributed by atoms with van der Waals surface area (Å²) in [4.78, 5) is 4.18. The number of benzene rings is 1. The second-order valence-electron chi connectivity index (χ2n) is 3.96. The molecule has 4 heteroatoms. The summed E-state index contributed by atoms with van der Waals surface area (Å²) >= 11 is 0. The van der Waals surface area contributed by atoms with Gasteiger partial charge in [0.25, 0.3) is 0 Å². The van der Waals surface area contributed by atoms with Crippen LogP contribution in [-0.4, -0.2) is 10.1 Å². The van der Waals surface area contributed by atoms with E-state index in [9.17, 15) is 5.11 Å². The van der Waals surface area contributed by atoms with Crippen LogP contribution in [0.4, 0.5) is 11.5 Å². The maximum Gasteiger partial charge on any atom is 0.126 e. The molecule has 1 aromatic carbocycles. The molecule has 2 aromatic rings. The molecule has 88 valence electrons. The summed E-state index contributed by atoms with van der Waals surface area (Å²) in [6, 6.07) is 8.89. The van der Waals surface area contributed by atoms with Crippen molar-refractivity contribution in [1.82, 2.24) is 4.98 Å². The summed E-state index contributed by atoms with van der Waals surface area (Å²) in [5.74, 6) is 1.02. The number of aromatic hydroxyl groups is 1. The van der Waals surface area contributed by atoms with E-state index in [0.717, 1.165) is 16.9 Å². The zero-order valence-corrected chi connectivity index (χ0v) is 9.64. The number of nitrogens with zero attached hydrogens (tertiary/aromatic N) is 1. The summed E-state index contributed by atoms with van der Waals surface area (Å²) in [5.41, 5.74) is 8.20. The highest BCUT2D eigenvalue weighted by Gasteiger charge is 2.02. The first kappa shape index (κ1) is 11.3. The Morgan fingerprint density at radius 1 is 1.29 bits per heavy atom. The fraction of sp³-hybridized carbons (Fsp3) is 0.154. The highest BCUT2D eigenvalue weighted by molar-refractivity contribution is 5.49. The van der Waals surface area contributed by atoms with Gasteiger partial charge in [0, 0.05) is 24.0 Å². The van der Waals surface area contributed by atoms with Crippen molar-refractivity contribution in [3.63, 3.8) is 0 Å². The van der Waals surface area contributed by atoms with Crippen LogP contribution in [0.2, 0.25) is 0 Å². The molecule has 0 unspecified atom stereocenters. The van der Waals surface area contributed by atoms with Crippen molar-refractivity contribution in [2.45, 2.75) is 13.5 Å². The first-order chi connectivity index (χ1) is 8.15. The van der Waals surface area contributed by atoms with Gasteiger partial charge in [-0.15, -0.1) is 0 Å². The monoisotopic (exact) mass is 229 g/mol. The third-order valence-electron chi connectivity index (χ3n) is 2.48. The molecule has 0 atom stereocenters. The maximum atomic E-state index is 9.65. The van der Waals surface area contributed by atoms with E-state index < -0.39 is 0 Å². The van der Waals surface area contributed by atoms with E-state index in [1.165, 1.54) is 0 Å². The van der Waals surface area contributed by atoms with Gasteiger partial charge in [0.05, 0.1) is 0 Å². The van der Waals surface area contributed by atoms with Gasteiger partial charge in [-0.2, -0.15) is 0 Å². The van der Waals surface area contributed by atoms with E-state index in [1.807, 2.05) is 19.1 Å². The molecule has 4 nitrogen and oxygen atoms in total. The highest BCUT2D eigenvalue weighted by Crippen LogP contribution is 2.20. The maximum absolute atomic E-state index is 9.65. The van der Waals surface area contributed by atoms with E-state index in [-0.39, 0.29) is 5.75 Å². The molecule has 0 radical (unpaired) electrons. The number of nitrogens with one attached hydrogen (secondary N) is 1. The molecule has 0 bridgehead atoms. The number of pyridine rings is 1. The summed E-state index contributed by atoms with van der Waals surface area (Å²) in [5, 5.41) is 12.8. The molecule has 0 saturated carbocycles. The van der Waals surface area contributed by atoms with Gasteiger partial charge >= 0.3 is 0 Å². The summed E-state index contributed by atoms with van der Waals surface area (Å²) in [7, 11) is 0. The van der Waals surface area contributed by atoms with Gasteiger partial charge in [0.2, 0.25) is 0 Å². The number of rotatable bonds is 3. The number of hydrogen-bond donors (Lipinski definition) is 3. The van der Waals surface area contributed by atoms with Crippen molar-refractivity contribution in [3.05, 3.63) is 47.7 Å². The average molecular weight is 229 g/mol. The predicted molar refractivity (Wildman–Crippen MR) is 68.8 cm³/mol. The third kappa shape index (κ3) is 2.87. The predicted octanol–water partition coefficient (Wildman–Crippen LogP) is 2.29. The lowest BCUT2D eigenvalue weighted by molar-refractivity contribution is 0.469.